The highest BCUT2D eigenvalue weighted by Gasteiger charge is 2.13. The number of hydrogen-bond acceptors (Lipinski definition) is 4. The summed E-state index contributed by atoms with van der Waals surface area (Å²) in [5, 5.41) is 3.25. The average Bonchev–Trinajstić information content (AvgIpc) is 2.27. The van der Waals surface area contributed by atoms with Crippen LogP contribution in [0.15, 0.2) is 6.07 Å². The molecule has 1 aliphatic heterocycles. The third-order valence-corrected chi connectivity index (χ3v) is 2.74. The Morgan fingerprint density at radius 1 is 1.31 bits per heavy atom. The van der Waals surface area contributed by atoms with Crippen molar-refractivity contribution in [2.45, 2.75) is 39.2 Å². The summed E-state index contributed by atoms with van der Waals surface area (Å²) in [7, 11) is 0. The lowest BCUT2D eigenvalue weighted by atomic mass is 10.1. The smallest absolute Gasteiger partial charge is 0.223 e. The summed E-state index contributed by atoms with van der Waals surface area (Å²) >= 11 is 0. The predicted octanol–water partition coefficient (Wildman–Crippen LogP) is 2.07. The molecule has 4 nitrogen and oxygen atoms in total. The molecular formula is C12H19N3O. The van der Waals surface area contributed by atoms with Crippen LogP contribution in [0.2, 0.25) is 0 Å². The van der Waals surface area contributed by atoms with Crippen LogP contribution in [-0.4, -0.2) is 29.2 Å². The molecule has 0 amide bonds. The SMILES string of the molecule is Cc1cc(C)nc(NCC2CCCCO2)n1. The largest absolute Gasteiger partial charge is 0.376 e. The van der Waals surface area contributed by atoms with Gasteiger partial charge in [0.15, 0.2) is 0 Å². The molecule has 1 atom stereocenters. The van der Waals surface area contributed by atoms with Gasteiger partial charge in [-0.25, -0.2) is 9.97 Å². The molecule has 16 heavy (non-hydrogen) atoms. The summed E-state index contributed by atoms with van der Waals surface area (Å²) in [4.78, 5) is 8.68. The third-order valence-electron chi connectivity index (χ3n) is 2.74. The highest BCUT2D eigenvalue weighted by atomic mass is 16.5. The van der Waals surface area contributed by atoms with E-state index in [2.05, 4.69) is 15.3 Å². The molecule has 0 saturated carbocycles. The van der Waals surface area contributed by atoms with Crippen LogP contribution in [0.1, 0.15) is 30.7 Å². The van der Waals surface area contributed by atoms with Crippen molar-refractivity contribution < 1.29 is 4.74 Å². The molecule has 0 aliphatic carbocycles. The molecule has 0 aromatic carbocycles. The summed E-state index contributed by atoms with van der Waals surface area (Å²) in [5.41, 5.74) is 2.00. The van der Waals surface area contributed by atoms with Crippen LogP contribution in [0.4, 0.5) is 5.95 Å². The summed E-state index contributed by atoms with van der Waals surface area (Å²) in [6.07, 6.45) is 3.91. The van der Waals surface area contributed by atoms with Gasteiger partial charge in [-0.05, 0) is 39.2 Å². The maximum absolute atomic E-state index is 5.64. The van der Waals surface area contributed by atoms with E-state index < -0.39 is 0 Å². The van der Waals surface area contributed by atoms with Gasteiger partial charge < -0.3 is 10.1 Å². The molecule has 4 heteroatoms. The van der Waals surface area contributed by atoms with Crippen LogP contribution < -0.4 is 5.32 Å². The molecule has 0 bridgehead atoms. The highest BCUT2D eigenvalue weighted by Crippen LogP contribution is 2.13. The Morgan fingerprint density at radius 2 is 2.06 bits per heavy atom. The second-order valence-electron chi connectivity index (χ2n) is 4.34. The molecule has 0 radical (unpaired) electrons. The van der Waals surface area contributed by atoms with E-state index in [9.17, 15) is 0 Å². The van der Waals surface area contributed by atoms with Crippen molar-refractivity contribution in [3.05, 3.63) is 17.5 Å². The van der Waals surface area contributed by atoms with Gasteiger partial charge in [0, 0.05) is 24.5 Å². The summed E-state index contributed by atoms with van der Waals surface area (Å²) in [5.74, 6) is 0.715. The first-order valence-electron chi connectivity index (χ1n) is 5.92. The van der Waals surface area contributed by atoms with Crippen molar-refractivity contribution in [3.63, 3.8) is 0 Å². The predicted molar refractivity (Wildman–Crippen MR) is 63.6 cm³/mol. The fraction of sp³-hybridized carbons (Fsp3) is 0.667. The van der Waals surface area contributed by atoms with E-state index in [1.807, 2.05) is 19.9 Å². The standard InChI is InChI=1S/C12H19N3O/c1-9-7-10(2)15-12(14-9)13-8-11-5-3-4-6-16-11/h7,11H,3-6,8H2,1-2H3,(H,13,14,15). The van der Waals surface area contributed by atoms with Gasteiger partial charge in [0.2, 0.25) is 5.95 Å². The second-order valence-corrected chi connectivity index (χ2v) is 4.34. The minimum Gasteiger partial charge on any atom is -0.376 e. The van der Waals surface area contributed by atoms with Gasteiger partial charge >= 0.3 is 0 Å². The quantitative estimate of drug-likeness (QED) is 0.848. The molecule has 1 aromatic heterocycles. The molecule has 2 rings (SSSR count). The summed E-state index contributed by atoms with van der Waals surface area (Å²) < 4.78 is 5.64. The van der Waals surface area contributed by atoms with Crippen molar-refractivity contribution in [3.8, 4) is 0 Å². The van der Waals surface area contributed by atoms with Crippen LogP contribution in [0.5, 0.6) is 0 Å². The lowest BCUT2D eigenvalue weighted by Crippen LogP contribution is -2.27. The highest BCUT2D eigenvalue weighted by molar-refractivity contribution is 5.27. The number of anilines is 1. The molecule has 1 unspecified atom stereocenters. The first-order chi connectivity index (χ1) is 7.74. The van der Waals surface area contributed by atoms with E-state index in [0.29, 0.717) is 12.1 Å². The Bertz CT molecular complexity index is 328. The van der Waals surface area contributed by atoms with Crippen molar-refractivity contribution in [1.82, 2.24) is 9.97 Å². The molecule has 1 N–H and O–H groups in total. The molecule has 1 saturated heterocycles. The van der Waals surface area contributed by atoms with Gasteiger partial charge in [-0.2, -0.15) is 0 Å². The Hall–Kier alpha value is -1.16. The zero-order valence-electron chi connectivity index (χ0n) is 9.99. The molecule has 1 fully saturated rings. The Morgan fingerprint density at radius 3 is 2.69 bits per heavy atom. The Labute approximate surface area is 96.4 Å². The Balaban J connectivity index is 1.88. The minimum atomic E-state index is 0.318. The number of nitrogens with zero attached hydrogens (tertiary/aromatic N) is 2. The van der Waals surface area contributed by atoms with E-state index >= 15 is 0 Å². The fourth-order valence-electron chi connectivity index (χ4n) is 1.98. The molecule has 88 valence electrons. The maximum Gasteiger partial charge on any atom is 0.223 e. The number of aromatic nitrogens is 2. The number of aryl methyl sites for hydroxylation is 2. The van der Waals surface area contributed by atoms with E-state index in [0.717, 1.165) is 31.0 Å². The van der Waals surface area contributed by atoms with E-state index in [1.54, 1.807) is 0 Å². The van der Waals surface area contributed by atoms with Crippen LogP contribution >= 0.6 is 0 Å². The molecule has 2 heterocycles. The van der Waals surface area contributed by atoms with Gasteiger partial charge in [-0.3, -0.25) is 0 Å². The van der Waals surface area contributed by atoms with Crippen molar-refractivity contribution in [2.24, 2.45) is 0 Å². The zero-order chi connectivity index (χ0) is 11.4. The van der Waals surface area contributed by atoms with E-state index in [4.69, 9.17) is 4.74 Å². The van der Waals surface area contributed by atoms with Crippen molar-refractivity contribution in [1.29, 1.82) is 0 Å². The number of nitrogens with one attached hydrogen (secondary N) is 1. The van der Waals surface area contributed by atoms with Gasteiger partial charge in [-0.15, -0.1) is 0 Å². The van der Waals surface area contributed by atoms with Crippen molar-refractivity contribution in [2.75, 3.05) is 18.5 Å². The van der Waals surface area contributed by atoms with E-state index in [1.165, 1.54) is 12.8 Å². The third kappa shape index (κ3) is 3.17. The van der Waals surface area contributed by atoms with Crippen LogP contribution in [0.25, 0.3) is 0 Å². The normalized spacial score (nSPS) is 20.8. The Kier molecular flexibility index (Phi) is 3.72. The average molecular weight is 221 g/mol. The van der Waals surface area contributed by atoms with Gasteiger partial charge in [-0.1, -0.05) is 0 Å². The first-order valence-corrected chi connectivity index (χ1v) is 5.92. The summed E-state index contributed by atoms with van der Waals surface area (Å²) in [6.45, 7) is 5.66. The molecule has 1 aromatic rings. The topological polar surface area (TPSA) is 47.0 Å². The van der Waals surface area contributed by atoms with Gasteiger partial charge in [0.25, 0.3) is 0 Å². The molecule has 0 spiro atoms. The van der Waals surface area contributed by atoms with E-state index in [-0.39, 0.29) is 0 Å². The lowest BCUT2D eigenvalue weighted by Gasteiger charge is -2.22. The van der Waals surface area contributed by atoms with Crippen LogP contribution in [-0.2, 0) is 4.74 Å². The molecule has 1 aliphatic rings. The van der Waals surface area contributed by atoms with Crippen molar-refractivity contribution >= 4 is 5.95 Å². The number of rotatable bonds is 3. The van der Waals surface area contributed by atoms with Crippen LogP contribution in [0, 0.1) is 13.8 Å². The number of ether oxygens (including phenoxy) is 1. The monoisotopic (exact) mass is 221 g/mol. The molecular weight excluding hydrogens is 202 g/mol. The maximum atomic E-state index is 5.64. The number of hydrogen-bond donors (Lipinski definition) is 1. The first kappa shape index (κ1) is 11.3. The fourth-order valence-corrected chi connectivity index (χ4v) is 1.98. The summed E-state index contributed by atoms with van der Waals surface area (Å²) in [6, 6.07) is 1.97. The van der Waals surface area contributed by atoms with Crippen LogP contribution in [0.3, 0.4) is 0 Å². The zero-order valence-corrected chi connectivity index (χ0v) is 9.99. The lowest BCUT2D eigenvalue weighted by molar-refractivity contribution is 0.0246. The minimum absolute atomic E-state index is 0.318. The second kappa shape index (κ2) is 5.25. The van der Waals surface area contributed by atoms with Gasteiger partial charge in [0.1, 0.15) is 0 Å². The van der Waals surface area contributed by atoms with Gasteiger partial charge in [0.05, 0.1) is 6.10 Å².